The summed E-state index contributed by atoms with van der Waals surface area (Å²) in [5.41, 5.74) is 1.75. The fourth-order valence-corrected chi connectivity index (χ4v) is 2.04. The third-order valence-corrected chi connectivity index (χ3v) is 2.83. The first-order chi connectivity index (χ1) is 9.19. The first-order valence-electron chi connectivity index (χ1n) is 5.82. The summed E-state index contributed by atoms with van der Waals surface area (Å²) in [5, 5.41) is 3.60. The maximum Gasteiger partial charge on any atom is 0.217 e. The average Bonchev–Trinajstić information content (AvgIpc) is 2.38. The van der Waals surface area contributed by atoms with E-state index < -0.39 is 0 Å². The molecule has 2 rings (SSSR count). The number of nitrogens with zero attached hydrogens (tertiary/aromatic N) is 1. The van der Waals surface area contributed by atoms with Gasteiger partial charge in [-0.3, -0.25) is 0 Å². The van der Waals surface area contributed by atoms with Crippen LogP contribution in [0.3, 0.4) is 0 Å². The minimum atomic E-state index is -0.330. The molecular formula is C14H14ClFN2O. The molecule has 2 aromatic rings. The molecule has 5 heteroatoms. The highest BCUT2D eigenvalue weighted by Crippen LogP contribution is 2.15. The maximum atomic E-state index is 13.2. The zero-order chi connectivity index (χ0) is 13.7. The smallest absolute Gasteiger partial charge is 0.217 e. The number of hydrogen-bond acceptors (Lipinski definition) is 3. The molecule has 0 bridgehead atoms. The molecule has 0 atom stereocenters. The Balaban J connectivity index is 1.96. The van der Waals surface area contributed by atoms with E-state index in [1.165, 1.54) is 12.1 Å². The molecule has 0 saturated carbocycles. The van der Waals surface area contributed by atoms with Gasteiger partial charge in [0.2, 0.25) is 5.88 Å². The van der Waals surface area contributed by atoms with Gasteiger partial charge in [-0.25, -0.2) is 9.37 Å². The maximum absolute atomic E-state index is 13.2. The second-order valence-electron chi connectivity index (χ2n) is 4.05. The summed E-state index contributed by atoms with van der Waals surface area (Å²) in [6.45, 7) is 1.11. The lowest BCUT2D eigenvalue weighted by atomic mass is 10.2. The third kappa shape index (κ3) is 3.91. The van der Waals surface area contributed by atoms with Crippen molar-refractivity contribution in [1.82, 2.24) is 10.3 Å². The van der Waals surface area contributed by atoms with Gasteiger partial charge in [-0.2, -0.15) is 0 Å². The van der Waals surface area contributed by atoms with Crippen LogP contribution in [0.2, 0.25) is 5.02 Å². The Morgan fingerprint density at radius 1 is 1.32 bits per heavy atom. The molecule has 0 fully saturated rings. The van der Waals surface area contributed by atoms with Crippen LogP contribution in [-0.2, 0) is 13.1 Å². The molecule has 0 spiro atoms. The number of benzene rings is 1. The fourth-order valence-electron chi connectivity index (χ4n) is 1.80. The second-order valence-corrected chi connectivity index (χ2v) is 4.49. The van der Waals surface area contributed by atoms with Crippen LogP contribution in [-0.4, -0.2) is 12.1 Å². The van der Waals surface area contributed by atoms with E-state index in [1.54, 1.807) is 19.4 Å². The van der Waals surface area contributed by atoms with E-state index in [-0.39, 0.29) is 5.82 Å². The van der Waals surface area contributed by atoms with Crippen molar-refractivity contribution in [2.45, 2.75) is 13.1 Å². The van der Waals surface area contributed by atoms with Crippen LogP contribution in [0.25, 0.3) is 0 Å². The van der Waals surface area contributed by atoms with Crippen LogP contribution in [0.1, 0.15) is 11.1 Å². The number of rotatable bonds is 5. The van der Waals surface area contributed by atoms with Crippen LogP contribution < -0.4 is 10.1 Å². The normalized spacial score (nSPS) is 10.5. The lowest BCUT2D eigenvalue weighted by Gasteiger charge is -2.08. The highest BCUT2D eigenvalue weighted by molar-refractivity contribution is 6.30. The van der Waals surface area contributed by atoms with Crippen LogP contribution in [0.5, 0.6) is 5.88 Å². The van der Waals surface area contributed by atoms with Gasteiger partial charge in [0.25, 0.3) is 0 Å². The zero-order valence-electron chi connectivity index (χ0n) is 10.5. The monoisotopic (exact) mass is 280 g/mol. The number of hydrogen-bond donors (Lipinski definition) is 1. The number of nitrogens with one attached hydrogen (secondary N) is 1. The molecule has 1 aromatic heterocycles. The Kier molecular flexibility index (Phi) is 4.71. The molecule has 1 aromatic carbocycles. The molecule has 3 nitrogen and oxygen atoms in total. The van der Waals surface area contributed by atoms with Crippen molar-refractivity contribution in [3.05, 3.63) is 58.5 Å². The van der Waals surface area contributed by atoms with Gasteiger partial charge in [-0.05, 0) is 29.8 Å². The second kappa shape index (κ2) is 6.50. The van der Waals surface area contributed by atoms with Crippen LogP contribution in [0.4, 0.5) is 4.39 Å². The van der Waals surface area contributed by atoms with E-state index in [1.807, 2.05) is 12.1 Å². The van der Waals surface area contributed by atoms with Gasteiger partial charge in [0.15, 0.2) is 0 Å². The molecule has 100 valence electrons. The Morgan fingerprint density at radius 3 is 2.89 bits per heavy atom. The van der Waals surface area contributed by atoms with Gasteiger partial charge in [0.1, 0.15) is 5.82 Å². The summed E-state index contributed by atoms with van der Waals surface area (Å²) in [6, 6.07) is 8.25. The molecule has 0 saturated heterocycles. The van der Waals surface area contributed by atoms with Gasteiger partial charge in [0, 0.05) is 29.9 Å². The largest absolute Gasteiger partial charge is 0.481 e. The molecule has 0 amide bonds. The summed E-state index contributed by atoms with van der Waals surface area (Å²) in [4.78, 5) is 4.11. The quantitative estimate of drug-likeness (QED) is 0.913. The third-order valence-electron chi connectivity index (χ3n) is 2.61. The van der Waals surface area contributed by atoms with Gasteiger partial charge in [-0.15, -0.1) is 0 Å². The minimum Gasteiger partial charge on any atom is -0.481 e. The van der Waals surface area contributed by atoms with E-state index >= 15 is 0 Å². The molecular weight excluding hydrogens is 267 g/mol. The SMILES string of the molecule is COc1ncccc1CNCc1cc(F)cc(Cl)c1. The summed E-state index contributed by atoms with van der Waals surface area (Å²) >= 11 is 5.80. The summed E-state index contributed by atoms with van der Waals surface area (Å²) in [6.07, 6.45) is 1.68. The Morgan fingerprint density at radius 2 is 2.16 bits per heavy atom. The fraction of sp³-hybridized carbons (Fsp3) is 0.214. The predicted molar refractivity (Wildman–Crippen MR) is 72.7 cm³/mol. The molecule has 1 N–H and O–H groups in total. The van der Waals surface area contributed by atoms with Gasteiger partial charge in [-0.1, -0.05) is 17.7 Å². The van der Waals surface area contributed by atoms with E-state index in [0.29, 0.717) is 24.0 Å². The van der Waals surface area contributed by atoms with Gasteiger partial charge >= 0.3 is 0 Å². The van der Waals surface area contributed by atoms with Crippen molar-refractivity contribution in [3.8, 4) is 5.88 Å². The summed E-state index contributed by atoms with van der Waals surface area (Å²) in [5.74, 6) is 0.260. The minimum absolute atomic E-state index is 0.330. The van der Waals surface area contributed by atoms with Crippen molar-refractivity contribution in [2.24, 2.45) is 0 Å². The van der Waals surface area contributed by atoms with Crippen LogP contribution in [0.15, 0.2) is 36.5 Å². The predicted octanol–water partition coefficient (Wildman–Crippen LogP) is 3.17. The van der Waals surface area contributed by atoms with E-state index in [0.717, 1.165) is 11.1 Å². The van der Waals surface area contributed by atoms with E-state index in [9.17, 15) is 4.39 Å². The molecule has 19 heavy (non-hydrogen) atoms. The number of halogens is 2. The molecule has 1 heterocycles. The Labute approximate surface area is 116 Å². The van der Waals surface area contributed by atoms with Gasteiger partial charge in [0.05, 0.1) is 7.11 Å². The molecule has 0 aliphatic carbocycles. The van der Waals surface area contributed by atoms with Crippen molar-refractivity contribution in [3.63, 3.8) is 0 Å². The van der Waals surface area contributed by atoms with Crippen molar-refractivity contribution in [2.75, 3.05) is 7.11 Å². The Bertz CT molecular complexity index is 543. The standard InChI is InChI=1S/C14H14ClFN2O/c1-19-14-11(3-2-4-18-14)9-17-8-10-5-12(15)7-13(16)6-10/h2-7,17H,8-9H2,1H3. The lowest BCUT2D eigenvalue weighted by molar-refractivity contribution is 0.390. The molecule has 0 radical (unpaired) electrons. The van der Waals surface area contributed by atoms with Crippen molar-refractivity contribution < 1.29 is 9.13 Å². The molecule has 0 aliphatic heterocycles. The van der Waals surface area contributed by atoms with Gasteiger partial charge < -0.3 is 10.1 Å². The highest BCUT2D eigenvalue weighted by Gasteiger charge is 2.03. The van der Waals surface area contributed by atoms with Crippen LogP contribution in [0, 0.1) is 5.82 Å². The zero-order valence-corrected chi connectivity index (χ0v) is 11.2. The number of ether oxygens (including phenoxy) is 1. The lowest BCUT2D eigenvalue weighted by Crippen LogP contribution is -2.13. The first-order valence-corrected chi connectivity index (χ1v) is 6.20. The topological polar surface area (TPSA) is 34.1 Å². The summed E-state index contributed by atoms with van der Waals surface area (Å²) < 4.78 is 18.3. The van der Waals surface area contributed by atoms with Crippen molar-refractivity contribution in [1.29, 1.82) is 0 Å². The highest BCUT2D eigenvalue weighted by atomic mass is 35.5. The first kappa shape index (κ1) is 13.8. The van der Waals surface area contributed by atoms with Crippen molar-refractivity contribution >= 4 is 11.6 Å². The number of methoxy groups -OCH3 is 1. The molecule has 0 unspecified atom stereocenters. The molecule has 0 aliphatic rings. The average molecular weight is 281 g/mol. The number of aromatic nitrogens is 1. The van der Waals surface area contributed by atoms with E-state index in [4.69, 9.17) is 16.3 Å². The Hall–Kier alpha value is -1.65. The summed E-state index contributed by atoms with van der Waals surface area (Å²) in [7, 11) is 1.58. The number of pyridine rings is 1. The van der Waals surface area contributed by atoms with E-state index in [2.05, 4.69) is 10.3 Å². The van der Waals surface area contributed by atoms with Crippen LogP contribution >= 0.6 is 11.6 Å².